The summed E-state index contributed by atoms with van der Waals surface area (Å²) in [5.41, 5.74) is -0.212. The highest BCUT2D eigenvalue weighted by Gasteiger charge is 2.30. The molecule has 6 nitrogen and oxygen atoms in total. The standard InChI is InChI=1S/C19H23ClN2O4S/c1-13-6-9-15(12-17(13)27(24,25)22(4)5)21-18(23)19(2,3)26-16-10-7-14(20)8-11-16/h6-12H,1-5H3,(H,21,23). The van der Waals surface area contributed by atoms with Crippen molar-refractivity contribution in [2.24, 2.45) is 0 Å². The van der Waals surface area contributed by atoms with Gasteiger partial charge < -0.3 is 10.1 Å². The number of carbonyl (C=O) groups is 1. The van der Waals surface area contributed by atoms with Crippen molar-refractivity contribution in [3.05, 3.63) is 53.1 Å². The van der Waals surface area contributed by atoms with Crippen molar-refractivity contribution in [3.8, 4) is 5.75 Å². The highest BCUT2D eigenvalue weighted by Crippen LogP contribution is 2.25. The molecule has 1 amide bonds. The van der Waals surface area contributed by atoms with Crippen LogP contribution < -0.4 is 10.1 Å². The molecule has 2 aromatic carbocycles. The van der Waals surface area contributed by atoms with E-state index < -0.39 is 21.5 Å². The zero-order valence-electron chi connectivity index (χ0n) is 15.9. The molecular formula is C19H23ClN2O4S. The Morgan fingerprint density at radius 1 is 1.11 bits per heavy atom. The third-order valence-corrected chi connectivity index (χ3v) is 6.15. The van der Waals surface area contributed by atoms with Crippen LogP contribution in [0.15, 0.2) is 47.4 Å². The van der Waals surface area contributed by atoms with Crippen LogP contribution in [-0.2, 0) is 14.8 Å². The molecule has 0 aliphatic rings. The Balaban J connectivity index is 2.23. The third-order valence-electron chi connectivity index (χ3n) is 3.94. The number of halogens is 1. The van der Waals surface area contributed by atoms with Crippen molar-refractivity contribution in [2.75, 3.05) is 19.4 Å². The maximum Gasteiger partial charge on any atom is 0.267 e. The second kappa shape index (κ2) is 7.88. The molecule has 146 valence electrons. The lowest BCUT2D eigenvalue weighted by atomic mass is 10.1. The van der Waals surface area contributed by atoms with Crippen LogP contribution in [0.2, 0.25) is 5.02 Å². The van der Waals surface area contributed by atoms with Gasteiger partial charge >= 0.3 is 0 Å². The Bertz CT molecular complexity index is 939. The lowest BCUT2D eigenvalue weighted by molar-refractivity contribution is -0.128. The first-order chi connectivity index (χ1) is 12.4. The van der Waals surface area contributed by atoms with E-state index in [2.05, 4.69) is 5.32 Å². The lowest BCUT2D eigenvalue weighted by Crippen LogP contribution is -2.42. The molecular weight excluding hydrogens is 388 g/mol. The molecule has 0 aliphatic carbocycles. The summed E-state index contributed by atoms with van der Waals surface area (Å²) in [6.07, 6.45) is 0. The summed E-state index contributed by atoms with van der Waals surface area (Å²) in [7, 11) is -0.693. The summed E-state index contributed by atoms with van der Waals surface area (Å²) < 4.78 is 31.8. The number of carbonyl (C=O) groups excluding carboxylic acids is 1. The number of aryl methyl sites for hydroxylation is 1. The van der Waals surface area contributed by atoms with Crippen molar-refractivity contribution in [3.63, 3.8) is 0 Å². The molecule has 0 bridgehead atoms. The molecule has 0 aliphatic heterocycles. The van der Waals surface area contributed by atoms with E-state index in [1.807, 2.05) is 0 Å². The van der Waals surface area contributed by atoms with Gasteiger partial charge in [-0.2, -0.15) is 0 Å². The number of sulfonamides is 1. The van der Waals surface area contributed by atoms with Gasteiger partial charge in [-0.25, -0.2) is 12.7 Å². The zero-order chi connectivity index (χ0) is 20.4. The third kappa shape index (κ3) is 5.00. The fraction of sp³-hybridized carbons (Fsp3) is 0.316. The van der Waals surface area contributed by atoms with Gasteiger partial charge in [0.25, 0.3) is 5.91 Å². The SMILES string of the molecule is Cc1ccc(NC(=O)C(C)(C)Oc2ccc(Cl)cc2)cc1S(=O)(=O)N(C)C. The zero-order valence-corrected chi connectivity index (χ0v) is 17.5. The second-order valence-corrected chi connectivity index (χ2v) is 9.34. The smallest absolute Gasteiger partial charge is 0.267 e. The van der Waals surface area contributed by atoms with E-state index in [9.17, 15) is 13.2 Å². The van der Waals surface area contributed by atoms with Crippen LogP contribution in [0.1, 0.15) is 19.4 Å². The Kier molecular flexibility index (Phi) is 6.19. The van der Waals surface area contributed by atoms with Crippen LogP contribution in [0.4, 0.5) is 5.69 Å². The summed E-state index contributed by atoms with van der Waals surface area (Å²) in [5.74, 6) is 0.0915. The number of ether oxygens (including phenoxy) is 1. The van der Waals surface area contributed by atoms with Gasteiger partial charge in [0.15, 0.2) is 5.60 Å². The van der Waals surface area contributed by atoms with Crippen LogP contribution in [0.25, 0.3) is 0 Å². The molecule has 0 saturated carbocycles. The quantitative estimate of drug-likeness (QED) is 0.787. The first-order valence-corrected chi connectivity index (χ1v) is 10.0. The lowest BCUT2D eigenvalue weighted by Gasteiger charge is -2.25. The number of hydrogen-bond acceptors (Lipinski definition) is 4. The van der Waals surface area contributed by atoms with Gasteiger partial charge in [-0.15, -0.1) is 0 Å². The first-order valence-electron chi connectivity index (χ1n) is 8.23. The molecule has 2 rings (SSSR count). The van der Waals surface area contributed by atoms with Crippen LogP contribution >= 0.6 is 11.6 Å². The minimum absolute atomic E-state index is 0.140. The topological polar surface area (TPSA) is 75.7 Å². The van der Waals surface area contributed by atoms with Gasteiger partial charge in [-0.05, 0) is 62.7 Å². The van der Waals surface area contributed by atoms with E-state index in [0.717, 1.165) is 4.31 Å². The van der Waals surface area contributed by atoms with E-state index in [1.54, 1.807) is 57.2 Å². The van der Waals surface area contributed by atoms with E-state index in [-0.39, 0.29) is 4.90 Å². The maximum absolute atomic E-state index is 12.7. The van der Waals surface area contributed by atoms with Gasteiger partial charge in [-0.1, -0.05) is 17.7 Å². The number of benzene rings is 2. The number of anilines is 1. The molecule has 1 N–H and O–H groups in total. The molecule has 0 heterocycles. The van der Waals surface area contributed by atoms with Gasteiger partial charge in [-0.3, -0.25) is 4.79 Å². The van der Waals surface area contributed by atoms with Crippen molar-refractivity contribution >= 4 is 33.2 Å². The van der Waals surface area contributed by atoms with Crippen LogP contribution in [0, 0.1) is 6.92 Å². The summed E-state index contributed by atoms with van der Waals surface area (Å²) >= 11 is 5.85. The first kappa shape index (κ1) is 21.2. The average molecular weight is 411 g/mol. The minimum Gasteiger partial charge on any atom is -0.478 e. The highest BCUT2D eigenvalue weighted by molar-refractivity contribution is 7.89. The Morgan fingerprint density at radius 3 is 2.26 bits per heavy atom. The van der Waals surface area contributed by atoms with Crippen LogP contribution in [-0.4, -0.2) is 38.3 Å². The minimum atomic E-state index is -3.62. The fourth-order valence-corrected chi connectivity index (χ4v) is 3.55. The summed E-state index contributed by atoms with van der Waals surface area (Å²) in [5, 5.41) is 3.29. The molecule has 0 aromatic heterocycles. The van der Waals surface area contributed by atoms with Crippen molar-refractivity contribution < 1.29 is 17.9 Å². The molecule has 27 heavy (non-hydrogen) atoms. The summed E-state index contributed by atoms with van der Waals surface area (Å²) in [6, 6.07) is 11.4. The molecule has 0 radical (unpaired) electrons. The second-order valence-electron chi connectivity index (χ2n) is 6.79. The van der Waals surface area contributed by atoms with Gasteiger partial charge in [0.2, 0.25) is 10.0 Å². The predicted molar refractivity (Wildman–Crippen MR) is 107 cm³/mol. The van der Waals surface area contributed by atoms with Crippen molar-refractivity contribution in [2.45, 2.75) is 31.3 Å². The molecule has 2 aromatic rings. The number of hydrogen-bond donors (Lipinski definition) is 1. The predicted octanol–water partition coefficient (Wildman–Crippen LogP) is 3.69. The molecule has 0 saturated heterocycles. The number of amides is 1. The van der Waals surface area contributed by atoms with Gasteiger partial charge in [0.1, 0.15) is 5.75 Å². The Hall–Kier alpha value is -2.09. The largest absolute Gasteiger partial charge is 0.478 e. The normalized spacial score (nSPS) is 12.1. The molecule has 0 atom stereocenters. The number of nitrogens with one attached hydrogen (secondary N) is 1. The van der Waals surface area contributed by atoms with E-state index in [0.29, 0.717) is 22.0 Å². The maximum atomic E-state index is 12.7. The molecule has 8 heteroatoms. The van der Waals surface area contributed by atoms with E-state index in [1.165, 1.54) is 20.2 Å². The fourth-order valence-electron chi connectivity index (χ4n) is 2.28. The van der Waals surface area contributed by atoms with Crippen molar-refractivity contribution in [1.29, 1.82) is 0 Å². The Labute approximate surface area is 165 Å². The number of nitrogens with zero attached hydrogens (tertiary/aromatic N) is 1. The summed E-state index contributed by atoms with van der Waals surface area (Å²) in [6.45, 7) is 4.96. The monoisotopic (exact) mass is 410 g/mol. The molecule has 0 unspecified atom stereocenters. The molecule has 0 spiro atoms. The van der Waals surface area contributed by atoms with E-state index in [4.69, 9.17) is 16.3 Å². The van der Waals surface area contributed by atoms with Crippen LogP contribution in [0.3, 0.4) is 0 Å². The van der Waals surface area contributed by atoms with Gasteiger partial charge in [0, 0.05) is 24.8 Å². The number of rotatable bonds is 6. The molecule has 0 fully saturated rings. The van der Waals surface area contributed by atoms with Gasteiger partial charge in [0.05, 0.1) is 4.90 Å². The van der Waals surface area contributed by atoms with Crippen molar-refractivity contribution in [1.82, 2.24) is 4.31 Å². The highest BCUT2D eigenvalue weighted by atomic mass is 35.5. The Morgan fingerprint density at radius 2 is 1.70 bits per heavy atom. The van der Waals surface area contributed by atoms with Crippen LogP contribution in [0.5, 0.6) is 5.75 Å². The summed E-state index contributed by atoms with van der Waals surface area (Å²) in [4.78, 5) is 12.8. The average Bonchev–Trinajstić information content (AvgIpc) is 2.58. The van der Waals surface area contributed by atoms with E-state index >= 15 is 0 Å².